The molecule has 23 heavy (non-hydrogen) atoms. The number of unbranched alkanes of at least 4 members (excludes halogenated alkanes) is 7. The average molecular weight is 329 g/mol. The van der Waals surface area contributed by atoms with Crippen LogP contribution in [-0.2, 0) is 4.74 Å². The molecular weight excluding hydrogens is 284 g/mol. The first kappa shape index (κ1) is 22.9. The Hall–Kier alpha value is -0.120. The Balaban J connectivity index is 3.39. The van der Waals surface area contributed by atoms with Gasteiger partial charge in [-0.05, 0) is 24.7 Å². The van der Waals surface area contributed by atoms with Crippen LogP contribution in [0.3, 0.4) is 0 Å². The van der Waals surface area contributed by atoms with Gasteiger partial charge in [0.05, 0.1) is 6.61 Å². The molecule has 0 aliphatic carbocycles. The molecule has 3 nitrogen and oxygen atoms in total. The van der Waals surface area contributed by atoms with E-state index in [2.05, 4.69) is 27.7 Å². The van der Waals surface area contributed by atoms with Crippen LogP contribution >= 0.6 is 0 Å². The van der Waals surface area contributed by atoms with Crippen molar-refractivity contribution in [3.8, 4) is 0 Å². The zero-order valence-electron chi connectivity index (χ0n) is 16.4. The molecule has 0 saturated heterocycles. The average Bonchev–Trinajstić information content (AvgIpc) is 2.44. The fourth-order valence-corrected chi connectivity index (χ4v) is 2.83. The molecule has 0 spiro atoms. The third kappa shape index (κ3) is 18.1. The van der Waals surface area contributed by atoms with Crippen LogP contribution in [0.25, 0.3) is 0 Å². The van der Waals surface area contributed by atoms with Gasteiger partial charge in [-0.2, -0.15) is 0 Å². The molecule has 0 radical (unpaired) electrons. The van der Waals surface area contributed by atoms with Crippen LogP contribution in [0.1, 0.15) is 105 Å². The lowest BCUT2D eigenvalue weighted by atomic mass is 10.0. The molecule has 0 aromatic rings. The van der Waals surface area contributed by atoms with Crippen LogP contribution in [-0.4, -0.2) is 12.5 Å². The van der Waals surface area contributed by atoms with Crippen LogP contribution < -0.4 is 11.5 Å². The second-order valence-corrected chi connectivity index (χ2v) is 8.10. The van der Waals surface area contributed by atoms with Gasteiger partial charge in [0.15, 0.2) is 5.85 Å². The Morgan fingerprint density at radius 3 is 1.61 bits per heavy atom. The van der Waals surface area contributed by atoms with Gasteiger partial charge in [0.25, 0.3) is 0 Å². The van der Waals surface area contributed by atoms with Gasteiger partial charge in [-0.15, -0.1) is 0 Å². The monoisotopic (exact) mass is 328 g/mol. The quantitative estimate of drug-likeness (QED) is 0.288. The molecule has 0 amide bonds. The summed E-state index contributed by atoms with van der Waals surface area (Å²) in [6.45, 7) is 9.84. The fraction of sp³-hybridized carbons (Fsp3) is 1.00. The summed E-state index contributed by atoms with van der Waals surface area (Å²) in [4.78, 5) is 0. The molecule has 0 aliphatic heterocycles. The Labute approximate surface area is 145 Å². The third-order valence-electron chi connectivity index (χ3n) is 4.40. The van der Waals surface area contributed by atoms with E-state index in [0.29, 0.717) is 6.61 Å². The Kier molecular flexibility index (Phi) is 14.2. The molecule has 4 N–H and O–H groups in total. The summed E-state index contributed by atoms with van der Waals surface area (Å²) in [5.41, 5.74) is 12.1. The molecule has 0 heterocycles. The van der Waals surface area contributed by atoms with E-state index in [0.717, 1.165) is 31.1 Å². The molecule has 0 bridgehead atoms. The van der Waals surface area contributed by atoms with Crippen molar-refractivity contribution in [2.45, 2.75) is 111 Å². The molecule has 0 aromatic carbocycles. The van der Waals surface area contributed by atoms with Gasteiger partial charge in [0, 0.05) is 6.42 Å². The normalized spacial score (nSPS) is 12.5. The maximum Gasteiger partial charge on any atom is 0.169 e. The summed E-state index contributed by atoms with van der Waals surface area (Å²) < 4.78 is 5.67. The number of hydrogen-bond donors (Lipinski definition) is 2. The highest BCUT2D eigenvalue weighted by atomic mass is 16.5. The van der Waals surface area contributed by atoms with E-state index < -0.39 is 5.85 Å². The first-order chi connectivity index (χ1) is 10.8. The maximum atomic E-state index is 6.03. The van der Waals surface area contributed by atoms with Gasteiger partial charge in [0.2, 0.25) is 0 Å². The second-order valence-electron chi connectivity index (χ2n) is 8.10. The van der Waals surface area contributed by atoms with Gasteiger partial charge in [-0.25, -0.2) is 0 Å². The Bertz CT molecular complexity index is 252. The molecule has 0 unspecified atom stereocenters. The van der Waals surface area contributed by atoms with Gasteiger partial charge < -0.3 is 4.74 Å². The maximum absolute atomic E-state index is 6.03. The zero-order valence-corrected chi connectivity index (χ0v) is 16.4. The SMILES string of the molecule is CC(C)CCCCCCCOC(N)(N)CCCCCCC(C)C. The molecule has 3 heteroatoms. The molecule has 0 saturated carbocycles. The molecule has 0 aromatic heterocycles. The lowest BCUT2D eigenvalue weighted by Gasteiger charge is -2.25. The topological polar surface area (TPSA) is 61.3 Å². The highest BCUT2D eigenvalue weighted by molar-refractivity contribution is 4.65. The molecule has 0 aliphatic rings. The van der Waals surface area contributed by atoms with Crippen molar-refractivity contribution in [2.24, 2.45) is 23.3 Å². The van der Waals surface area contributed by atoms with Crippen molar-refractivity contribution in [1.29, 1.82) is 0 Å². The lowest BCUT2D eigenvalue weighted by molar-refractivity contribution is -0.0458. The van der Waals surface area contributed by atoms with E-state index in [1.807, 2.05) is 0 Å². The minimum atomic E-state index is -0.921. The summed E-state index contributed by atoms with van der Waals surface area (Å²) in [5, 5.41) is 0. The molecule has 0 atom stereocenters. The molecule has 0 fully saturated rings. The highest BCUT2D eigenvalue weighted by Crippen LogP contribution is 2.14. The van der Waals surface area contributed by atoms with Crippen LogP contribution in [0.4, 0.5) is 0 Å². The first-order valence-corrected chi connectivity index (χ1v) is 10.0. The van der Waals surface area contributed by atoms with E-state index in [1.165, 1.54) is 57.8 Å². The summed E-state index contributed by atoms with van der Waals surface area (Å²) in [6, 6.07) is 0. The fourth-order valence-electron chi connectivity index (χ4n) is 2.83. The lowest BCUT2D eigenvalue weighted by Crippen LogP contribution is -2.52. The van der Waals surface area contributed by atoms with Crippen molar-refractivity contribution in [3.63, 3.8) is 0 Å². The van der Waals surface area contributed by atoms with Crippen molar-refractivity contribution in [1.82, 2.24) is 0 Å². The van der Waals surface area contributed by atoms with Crippen molar-refractivity contribution in [2.75, 3.05) is 6.61 Å². The smallest absolute Gasteiger partial charge is 0.169 e. The van der Waals surface area contributed by atoms with E-state index in [4.69, 9.17) is 16.2 Å². The standard InChI is InChI=1S/C20H44N2O/c1-18(2)14-10-6-5-9-13-17-23-20(21,22)16-12-8-7-11-15-19(3)4/h18-19H,5-17,21-22H2,1-4H3. The Morgan fingerprint density at radius 1 is 0.652 bits per heavy atom. The molecular formula is C20H44N2O. The minimum absolute atomic E-state index is 0.699. The van der Waals surface area contributed by atoms with Crippen LogP contribution in [0.2, 0.25) is 0 Å². The summed E-state index contributed by atoms with van der Waals surface area (Å²) >= 11 is 0. The summed E-state index contributed by atoms with van der Waals surface area (Å²) in [6.07, 6.45) is 14.6. The van der Waals surface area contributed by atoms with E-state index in [-0.39, 0.29) is 0 Å². The number of hydrogen-bond acceptors (Lipinski definition) is 3. The van der Waals surface area contributed by atoms with Crippen molar-refractivity contribution < 1.29 is 4.74 Å². The number of ether oxygens (including phenoxy) is 1. The summed E-state index contributed by atoms with van der Waals surface area (Å²) in [5.74, 6) is 0.723. The predicted octanol–water partition coefficient (Wildman–Crippen LogP) is 5.57. The van der Waals surface area contributed by atoms with Crippen molar-refractivity contribution >= 4 is 0 Å². The molecule has 140 valence electrons. The number of nitrogens with two attached hydrogens (primary N) is 2. The van der Waals surface area contributed by atoms with Gasteiger partial charge in [0.1, 0.15) is 0 Å². The first-order valence-electron chi connectivity index (χ1n) is 10.0. The van der Waals surface area contributed by atoms with E-state index in [9.17, 15) is 0 Å². The summed E-state index contributed by atoms with van der Waals surface area (Å²) in [7, 11) is 0. The van der Waals surface area contributed by atoms with Crippen LogP contribution in [0, 0.1) is 11.8 Å². The minimum Gasteiger partial charge on any atom is -0.348 e. The predicted molar refractivity (Wildman–Crippen MR) is 102 cm³/mol. The van der Waals surface area contributed by atoms with Gasteiger partial charge >= 0.3 is 0 Å². The molecule has 0 rings (SSSR count). The van der Waals surface area contributed by atoms with E-state index >= 15 is 0 Å². The zero-order chi connectivity index (χ0) is 17.6. The largest absolute Gasteiger partial charge is 0.348 e. The van der Waals surface area contributed by atoms with Crippen LogP contribution in [0.5, 0.6) is 0 Å². The van der Waals surface area contributed by atoms with E-state index in [1.54, 1.807) is 0 Å². The van der Waals surface area contributed by atoms with Gasteiger partial charge in [-0.3, -0.25) is 11.5 Å². The highest BCUT2D eigenvalue weighted by Gasteiger charge is 2.18. The third-order valence-corrected chi connectivity index (χ3v) is 4.40. The van der Waals surface area contributed by atoms with Crippen molar-refractivity contribution in [3.05, 3.63) is 0 Å². The van der Waals surface area contributed by atoms with Gasteiger partial charge in [-0.1, -0.05) is 85.5 Å². The number of rotatable bonds is 16. The second kappa shape index (κ2) is 14.2. The Morgan fingerprint density at radius 2 is 1.09 bits per heavy atom. The van der Waals surface area contributed by atoms with Crippen LogP contribution in [0.15, 0.2) is 0 Å².